The van der Waals surface area contributed by atoms with Crippen molar-refractivity contribution in [2.24, 2.45) is 0 Å². The SMILES string of the molecule is Cc1c(SCc2nc3ccccc3[nH]2)[nH]c(=O)n(Cc2ccccc2)c1=O. The van der Waals surface area contributed by atoms with Crippen molar-refractivity contribution in [3.8, 4) is 0 Å². The van der Waals surface area contributed by atoms with Crippen LogP contribution in [0.5, 0.6) is 0 Å². The van der Waals surface area contributed by atoms with Crippen LogP contribution in [0.3, 0.4) is 0 Å². The first-order chi connectivity index (χ1) is 13.1. The van der Waals surface area contributed by atoms with Gasteiger partial charge in [-0.05, 0) is 24.6 Å². The summed E-state index contributed by atoms with van der Waals surface area (Å²) in [5, 5.41) is 0.578. The highest BCUT2D eigenvalue weighted by Gasteiger charge is 2.12. The lowest BCUT2D eigenvalue weighted by atomic mass is 10.2. The number of fused-ring (bicyclic) bond motifs is 1. The van der Waals surface area contributed by atoms with E-state index in [9.17, 15) is 9.59 Å². The zero-order valence-electron chi connectivity index (χ0n) is 14.7. The Balaban J connectivity index is 1.58. The lowest BCUT2D eigenvalue weighted by Crippen LogP contribution is -2.37. The minimum absolute atomic E-state index is 0.254. The Hall–Kier alpha value is -3.06. The van der Waals surface area contributed by atoms with E-state index in [1.54, 1.807) is 6.92 Å². The number of thioether (sulfide) groups is 1. The highest BCUT2D eigenvalue weighted by Crippen LogP contribution is 2.21. The van der Waals surface area contributed by atoms with Gasteiger partial charge in [0.1, 0.15) is 5.82 Å². The van der Waals surface area contributed by atoms with Gasteiger partial charge in [-0.1, -0.05) is 54.2 Å². The molecular weight excluding hydrogens is 360 g/mol. The predicted octanol–water partition coefficient (Wildman–Crippen LogP) is 3.06. The Labute approximate surface area is 159 Å². The van der Waals surface area contributed by atoms with Crippen LogP contribution in [0.2, 0.25) is 0 Å². The number of imidazole rings is 1. The Morgan fingerprint density at radius 1 is 1.00 bits per heavy atom. The number of nitrogens with one attached hydrogen (secondary N) is 2. The molecule has 0 atom stereocenters. The maximum absolute atomic E-state index is 12.7. The van der Waals surface area contributed by atoms with Crippen LogP contribution in [0.25, 0.3) is 11.0 Å². The topological polar surface area (TPSA) is 83.5 Å². The third-order valence-corrected chi connectivity index (χ3v) is 5.46. The Morgan fingerprint density at radius 3 is 2.52 bits per heavy atom. The number of para-hydroxylation sites is 2. The van der Waals surface area contributed by atoms with E-state index in [-0.39, 0.29) is 12.1 Å². The van der Waals surface area contributed by atoms with Crippen molar-refractivity contribution in [3.63, 3.8) is 0 Å². The van der Waals surface area contributed by atoms with E-state index in [0.29, 0.717) is 16.3 Å². The van der Waals surface area contributed by atoms with Crippen LogP contribution in [-0.4, -0.2) is 19.5 Å². The minimum atomic E-state index is -0.401. The van der Waals surface area contributed by atoms with Crippen molar-refractivity contribution in [1.82, 2.24) is 19.5 Å². The Morgan fingerprint density at radius 2 is 1.74 bits per heavy atom. The van der Waals surface area contributed by atoms with E-state index in [2.05, 4.69) is 15.0 Å². The van der Waals surface area contributed by atoms with Crippen LogP contribution in [0.4, 0.5) is 0 Å². The molecule has 0 fully saturated rings. The third kappa shape index (κ3) is 3.59. The van der Waals surface area contributed by atoms with Crippen molar-refractivity contribution in [1.29, 1.82) is 0 Å². The van der Waals surface area contributed by atoms with Crippen LogP contribution in [0, 0.1) is 6.92 Å². The van der Waals surface area contributed by atoms with Crippen LogP contribution in [-0.2, 0) is 12.3 Å². The monoisotopic (exact) mass is 378 g/mol. The molecule has 0 aliphatic rings. The third-order valence-electron chi connectivity index (χ3n) is 4.35. The van der Waals surface area contributed by atoms with Gasteiger partial charge in [-0.25, -0.2) is 9.78 Å². The largest absolute Gasteiger partial charge is 0.341 e. The molecule has 2 aromatic heterocycles. The van der Waals surface area contributed by atoms with Crippen molar-refractivity contribution in [2.45, 2.75) is 24.2 Å². The van der Waals surface area contributed by atoms with Crippen molar-refractivity contribution < 1.29 is 0 Å². The van der Waals surface area contributed by atoms with Crippen molar-refractivity contribution >= 4 is 22.8 Å². The van der Waals surface area contributed by atoms with Gasteiger partial charge in [-0.15, -0.1) is 0 Å². The number of H-pyrrole nitrogens is 2. The fourth-order valence-corrected chi connectivity index (χ4v) is 3.80. The number of aromatic amines is 2. The second kappa shape index (κ2) is 7.28. The number of nitrogens with zero attached hydrogens (tertiary/aromatic N) is 2. The summed E-state index contributed by atoms with van der Waals surface area (Å²) in [6, 6.07) is 17.3. The summed E-state index contributed by atoms with van der Waals surface area (Å²) in [5.74, 6) is 1.34. The van der Waals surface area contributed by atoms with Gasteiger partial charge in [0, 0.05) is 5.56 Å². The molecule has 2 N–H and O–H groups in total. The zero-order chi connectivity index (χ0) is 18.8. The van der Waals surface area contributed by atoms with Gasteiger partial charge in [0.05, 0.1) is 28.4 Å². The minimum Gasteiger partial charge on any atom is -0.341 e. The van der Waals surface area contributed by atoms with Gasteiger partial charge in [0.15, 0.2) is 0 Å². The molecule has 0 saturated heterocycles. The van der Waals surface area contributed by atoms with E-state index in [1.807, 2.05) is 54.6 Å². The number of hydrogen-bond acceptors (Lipinski definition) is 4. The highest BCUT2D eigenvalue weighted by molar-refractivity contribution is 7.98. The molecule has 136 valence electrons. The first-order valence-electron chi connectivity index (χ1n) is 8.56. The number of benzene rings is 2. The van der Waals surface area contributed by atoms with Gasteiger partial charge in [0.2, 0.25) is 0 Å². The molecule has 27 heavy (non-hydrogen) atoms. The number of rotatable bonds is 5. The molecule has 0 radical (unpaired) electrons. The molecule has 0 aliphatic heterocycles. The van der Waals surface area contributed by atoms with Crippen molar-refractivity contribution in [2.75, 3.05) is 0 Å². The molecule has 4 aromatic rings. The first kappa shape index (κ1) is 17.4. The molecule has 0 bridgehead atoms. The Bertz CT molecular complexity index is 1180. The second-order valence-corrected chi connectivity index (χ2v) is 7.24. The van der Waals surface area contributed by atoms with E-state index in [1.165, 1.54) is 16.3 Å². The molecule has 4 rings (SSSR count). The number of aromatic nitrogens is 4. The van der Waals surface area contributed by atoms with Crippen LogP contribution in [0.15, 0.2) is 69.2 Å². The smallest absolute Gasteiger partial charge is 0.329 e. The molecular formula is C20H18N4O2S. The summed E-state index contributed by atoms with van der Waals surface area (Å²) in [4.78, 5) is 35.7. The maximum Gasteiger partial charge on any atom is 0.329 e. The van der Waals surface area contributed by atoms with Gasteiger partial charge < -0.3 is 9.97 Å². The van der Waals surface area contributed by atoms with Crippen LogP contribution < -0.4 is 11.2 Å². The molecule has 7 heteroatoms. The summed E-state index contributed by atoms with van der Waals surface area (Å²) < 4.78 is 1.23. The molecule has 2 heterocycles. The lowest BCUT2D eigenvalue weighted by molar-refractivity contribution is 0.671. The van der Waals surface area contributed by atoms with E-state index in [4.69, 9.17) is 0 Å². The molecule has 0 saturated carbocycles. The summed E-state index contributed by atoms with van der Waals surface area (Å²) in [7, 11) is 0. The molecule has 6 nitrogen and oxygen atoms in total. The summed E-state index contributed by atoms with van der Waals surface area (Å²) >= 11 is 1.40. The first-order valence-corrected chi connectivity index (χ1v) is 9.54. The number of hydrogen-bond donors (Lipinski definition) is 2. The molecule has 2 aromatic carbocycles. The molecule has 0 amide bonds. The standard InChI is InChI=1S/C20H18N4O2S/c1-13-18(27-12-17-21-15-9-5-6-10-16(15)22-17)23-20(26)24(19(13)25)11-14-7-3-2-4-8-14/h2-10H,11-12H2,1H3,(H,21,22)(H,23,26). The van der Waals surface area contributed by atoms with E-state index < -0.39 is 5.69 Å². The summed E-state index contributed by atoms with van der Waals surface area (Å²) in [5.41, 5.74) is 2.64. The predicted molar refractivity (Wildman–Crippen MR) is 107 cm³/mol. The van der Waals surface area contributed by atoms with Crippen LogP contribution >= 0.6 is 11.8 Å². The quantitative estimate of drug-likeness (QED) is 0.413. The van der Waals surface area contributed by atoms with E-state index in [0.717, 1.165) is 22.4 Å². The highest BCUT2D eigenvalue weighted by atomic mass is 32.2. The average Bonchev–Trinajstić information content (AvgIpc) is 3.11. The van der Waals surface area contributed by atoms with Crippen molar-refractivity contribution in [3.05, 3.63) is 92.4 Å². The zero-order valence-corrected chi connectivity index (χ0v) is 15.5. The second-order valence-electron chi connectivity index (χ2n) is 6.25. The molecule has 0 spiro atoms. The van der Waals surface area contributed by atoms with Crippen LogP contribution in [0.1, 0.15) is 17.0 Å². The Kier molecular flexibility index (Phi) is 4.68. The summed E-state index contributed by atoms with van der Waals surface area (Å²) in [6.07, 6.45) is 0. The van der Waals surface area contributed by atoms with Gasteiger partial charge in [0.25, 0.3) is 5.56 Å². The van der Waals surface area contributed by atoms with Gasteiger partial charge >= 0.3 is 5.69 Å². The van der Waals surface area contributed by atoms with Gasteiger partial charge in [-0.2, -0.15) is 0 Å². The average molecular weight is 378 g/mol. The molecule has 0 aliphatic carbocycles. The van der Waals surface area contributed by atoms with Gasteiger partial charge in [-0.3, -0.25) is 9.36 Å². The summed E-state index contributed by atoms with van der Waals surface area (Å²) in [6.45, 7) is 1.99. The molecule has 0 unspecified atom stereocenters. The lowest BCUT2D eigenvalue weighted by Gasteiger charge is -2.09. The maximum atomic E-state index is 12.7. The fraction of sp³-hybridized carbons (Fsp3) is 0.150. The fourth-order valence-electron chi connectivity index (χ4n) is 2.92. The van der Waals surface area contributed by atoms with E-state index >= 15 is 0 Å². The normalized spacial score (nSPS) is 11.1.